The third kappa shape index (κ3) is 5.83. The zero-order valence-corrected chi connectivity index (χ0v) is 22.1. The van der Waals surface area contributed by atoms with E-state index in [1.165, 1.54) is 22.5 Å². The molecule has 190 valence electrons. The number of hydrogen-bond donors (Lipinski definition) is 1. The van der Waals surface area contributed by atoms with Crippen LogP contribution in [0.2, 0.25) is 5.02 Å². The summed E-state index contributed by atoms with van der Waals surface area (Å²) in [7, 11) is -3.82. The fourth-order valence-corrected chi connectivity index (χ4v) is 6.86. The van der Waals surface area contributed by atoms with E-state index in [0.29, 0.717) is 18.0 Å². The molecule has 2 aliphatic rings. The number of hydrogen-bond acceptors (Lipinski definition) is 6. The van der Waals surface area contributed by atoms with Crippen LogP contribution >= 0.6 is 23.4 Å². The van der Waals surface area contributed by atoms with Gasteiger partial charge in [0.1, 0.15) is 4.90 Å². The minimum absolute atomic E-state index is 0.00579. The Morgan fingerprint density at radius 2 is 1.78 bits per heavy atom. The average Bonchev–Trinajstić information content (AvgIpc) is 3.13. The van der Waals surface area contributed by atoms with Gasteiger partial charge in [0.15, 0.2) is 0 Å². The fraction of sp³-hybridized carbons (Fsp3) is 0.320. The third-order valence-corrected chi connectivity index (χ3v) is 9.28. The lowest BCUT2D eigenvalue weighted by atomic mass is 10.1. The number of imide groups is 1. The molecule has 0 unspecified atom stereocenters. The van der Waals surface area contributed by atoms with Crippen molar-refractivity contribution in [3.05, 3.63) is 69.1 Å². The lowest BCUT2D eigenvalue weighted by Crippen LogP contribution is -2.37. The van der Waals surface area contributed by atoms with Crippen LogP contribution in [0.4, 0.5) is 4.79 Å². The monoisotopic (exact) mass is 547 g/mol. The number of nitrogens with one attached hydrogen (secondary N) is 1. The van der Waals surface area contributed by atoms with Gasteiger partial charge in [0.25, 0.3) is 17.1 Å². The molecular weight excluding hydrogens is 522 g/mol. The number of halogens is 1. The average molecular weight is 548 g/mol. The van der Waals surface area contributed by atoms with Crippen LogP contribution in [0.1, 0.15) is 40.7 Å². The molecule has 2 aliphatic heterocycles. The van der Waals surface area contributed by atoms with E-state index in [0.717, 1.165) is 47.1 Å². The van der Waals surface area contributed by atoms with Crippen LogP contribution in [0.25, 0.3) is 6.08 Å². The van der Waals surface area contributed by atoms with Crippen molar-refractivity contribution in [1.29, 1.82) is 0 Å². The van der Waals surface area contributed by atoms with E-state index in [4.69, 9.17) is 11.6 Å². The van der Waals surface area contributed by atoms with Gasteiger partial charge in [-0.2, -0.15) is 4.31 Å². The van der Waals surface area contributed by atoms with E-state index in [1.807, 2.05) is 31.2 Å². The second-order valence-electron chi connectivity index (χ2n) is 8.61. The van der Waals surface area contributed by atoms with Crippen molar-refractivity contribution in [3.63, 3.8) is 0 Å². The van der Waals surface area contributed by atoms with Gasteiger partial charge in [-0.25, -0.2) is 8.42 Å². The molecule has 2 aromatic rings. The second kappa shape index (κ2) is 11.2. The van der Waals surface area contributed by atoms with Gasteiger partial charge in [0.05, 0.1) is 9.93 Å². The molecule has 11 heteroatoms. The first-order chi connectivity index (χ1) is 17.2. The number of piperidine rings is 1. The lowest BCUT2D eigenvalue weighted by Gasteiger charge is -2.26. The molecule has 0 radical (unpaired) electrons. The number of nitrogens with zero attached hydrogens (tertiary/aromatic N) is 2. The molecule has 3 amide bonds. The second-order valence-corrected chi connectivity index (χ2v) is 11.9. The van der Waals surface area contributed by atoms with E-state index < -0.39 is 27.1 Å². The molecule has 0 aliphatic carbocycles. The molecule has 0 aromatic heterocycles. The number of aryl methyl sites for hydroxylation is 1. The number of carbonyl (C=O) groups excluding carboxylic acids is 3. The maximum atomic E-state index is 13.0. The Kier molecular flexibility index (Phi) is 8.19. The van der Waals surface area contributed by atoms with E-state index in [2.05, 4.69) is 5.32 Å². The van der Waals surface area contributed by atoms with Gasteiger partial charge in [0.2, 0.25) is 10.0 Å². The summed E-state index contributed by atoms with van der Waals surface area (Å²) in [6.45, 7) is 2.82. The van der Waals surface area contributed by atoms with Gasteiger partial charge in [-0.1, -0.05) is 47.9 Å². The Balaban J connectivity index is 1.39. The van der Waals surface area contributed by atoms with Crippen LogP contribution in [0.3, 0.4) is 0 Å². The van der Waals surface area contributed by atoms with Crippen molar-refractivity contribution in [2.45, 2.75) is 31.1 Å². The lowest BCUT2D eigenvalue weighted by molar-refractivity contribution is -0.122. The highest BCUT2D eigenvalue weighted by Crippen LogP contribution is 2.32. The SMILES string of the molecule is Cc1ccc(/C=C2\SC(=O)N(CCNC(=O)c3ccc(Cl)c(S(=O)(=O)N4CCCCC4)c3)C2=O)cc1. The van der Waals surface area contributed by atoms with E-state index >= 15 is 0 Å². The Morgan fingerprint density at radius 1 is 1.08 bits per heavy atom. The van der Waals surface area contributed by atoms with Gasteiger partial charge >= 0.3 is 0 Å². The fourth-order valence-electron chi connectivity index (χ4n) is 3.98. The molecule has 0 saturated carbocycles. The molecule has 1 N–H and O–H groups in total. The van der Waals surface area contributed by atoms with E-state index in [-0.39, 0.29) is 28.6 Å². The van der Waals surface area contributed by atoms with Gasteiger partial charge < -0.3 is 5.32 Å². The molecule has 0 spiro atoms. The smallest absolute Gasteiger partial charge is 0.293 e. The Morgan fingerprint density at radius 3 is 2.47 bits per heavy atom. The molecule has 8 nitrogen and oxygen atoms in total. The molecule has 2 aromatic carbocycles. The first-order valence-electron chi connectivity index (χ1n) is 11.6. The Bertz CT molecular complexity index is 1320. The zero-order valence-electron chi connectivity index (χ0n) is 19.7. The number of carbonyl (C=O) groups is 3. The van der Waals surface area contributed by atoms with Gasteiger partial charge in [-0.3, -0.25) is 19.3 Å². The largest absolute Gasteiger partial charge is 0.350 e. The maximum absolute atomic E-state index is 13.0. The number of thioether (sulfide) groups is 1. The summed E-state index contributed by atoms with van der Waals surface area (Å²) in [5, 5.41) is 2.29. The highest BCUT2D eigenvalue weighted by atomic mass is 35.5. The summed E-state index contributed by atoms with van der Waals surface area (Å²) in [5.74, 6) is -0.940. The maximum Gasteiger partial charge on any atom is 0.293 e. The normalized spacial score (nSPS) is 18.2. The summed E-state index contributed by atoms with van der Waals surface area (Å²) in [6.07, 6.45) is 4.21. The summed E-state index contributed by atoms with van der Waals surface area (Å²) >= 11 is 7.04. The van der Waals surface area contributed by atoms with Crippen molar-refractivity contribution < 1.29 is 22.8 Å². The Labute approximate surface area is 219 Å². The van der Waals surface area contributed by atoms with Crippen LogP contribution in [0.15, 0.2) is 52.3 Å². The van der Waals surface area contributed by atoms with Crippen molar-refractivity contribution in [3.8, 4) is 0 Å². The van der Waals surface area contributed by atoms with Crippen molar-refractivity contribution >= 4 is 56.5 Å². The highest BCUT2D eigenvalue weighted by Gasteiger charge is 2.35. The predicted octanol–water partition coefficient (Wildman–Crippen LogP) is 4.29. The van der Waals surface area contributed by atoms with Crippen LogP contribution in [0.5, 0.6) is 0 Å². The summed E-state index contributed by atoms with van der Waals surface area (Å²) in [6, 6.07) is 11.7. The number of amides is 3. The van der Waals surface area contributed by atoms with Crippen LogP contribution in [0, 0.1) is 6.92 Å². The van der Waals surface area contributed by atoms with Crippen LogP contribution in [-0.2, 0) is 14.8 Å². The first-order valence-corrected chi connectivity index (χ1v) is 14.2. The van der Waals surface area contributed by atoms with Gasteiger partial charge in [0, 0.05) is 31.7 Å². The summed E-state index contributed by atoms with van der Waals surface area (Å²) < 4.78 is 27.5. The molecule has 2 fully saturated rings. The molecule has 4 rings (SSSR count). The number of sulfonamides is 1. The third-order valence-electron chi connectivity index (χ3n) is 6.00. The minimum atomic E-state index is -3.82. The molecule has 36 heavy (non-hydrogen) atoms. The predicted molar refractivity (Wildman–Crippen MR) is 140 cm³/mol. The topological polar surface area (TPSA) is 104 Å². The number of benzene rings is 2. The molecule has 2 saturated heterocycles. The van der Waals surface area contributed by atoms with Crippen molar-refractivity contribution in [1.82, 2.24) is 14.5 Å². The minimum Gasteiger partial charge on any atom is -0.350 e. The van der Waals surface area contributed by atoms with Crippen molar-refractivity contribution in [2.24, 2.45) is 0 Å². The summed E-state index contributed by atoms with van der Waals surface area (Å²) in [5.41, 5.74) is 2.04. The highest BCUT2D eigenvalue weighted by molar-refractivity contribution is 8.18. The Hall–Kier alpha value is -2.66. The molecule has 2 heterocycles. The van der Waals surface area contributed by atoms with E-state index in [1.54, 1.807) is 6.08 Å². The van der Waals surface area contributed by atoms with Gasteiger partial charge in [-0.15, -0.1) is 0 Å². The quantitative estimate of drug-likeness (QED) is 0.519. The molecular formula is C25H26ClN3O5S2. The van der Waals surface area contributed by atoms with Crippen molar-refractivity contribution in [2.75, 3.05) is 26.2 Å². The summed E-state index contributed by atoms with van der Waals surface area (Å²) in [4.78, 5) is 39.1. The zero-order chi connectivity index (χ0) is 25.9. The first kappa shape index (κ1) is 26.4. The number of rotatable bonds is 7. The van der Waals surface area contributed by atoms with Crippen LogP contribution < -0.4 is 5.32 Å². The molecule has 0 bridgehead atoms. The molecule has 0 atom stereocenters. The van der Waals surface area contributed by atoms with Gasteiger partial charge in [-0.05, 0) is 61.4 Å². The van der Waals surface area contributed by atoms with E-state index in [9.17, 15) is 22.8 Å². The van der Waals surface area contributed by atoms with Crippen LogP contribution in [-0.4, -0.2) is 60.9 Å². The standard InChI is InChI=1S/C25H26ClN3O5S2/c1-17-5-7-18(8-6-17)15-21-24(31)29(25(32)35-21)14-11-27-23(30)19-9-10-20(26)22(16-19)36(33,34)28-12-3-2-4-13-28/h5-10,15-16H,2-4,11-14H2,1H3,(H,27,30)/b21-15-.